The standard InChI is InChI=1S/C18H26O2/c1-18-8-7-14-13-6-5-12(19)9-11(13)10-15(14)16(18)3-2-4-17(18)20/h9,13-17,20H,2-8,10H2,1H3/t13-,14?,15?,16+,17+,18+/m1/s1. The lowest BCUT2D eigenvalue weighted by atomic mass is 9.53. The summed E-state index contributed by atoms with van der Waals surface area (Å²) in [5.41, 5.74) is 1.61. The fourth-order valence-electron chi connectivity index (χ4n) is 6.12. The summed E-state index contributed by atoms with van der Waals surface area (Å²) in [4.78, 5) is 11.7. The van der Waals surface area contributed by atoms with Crippen LogP contribution in [-0.4, -0.2) is 17.0 Å². The molecule has 0 radical (unpaired) electrons. The lowest BCUT2D eigenvalue weighted by Crippen LogP contribution is -2.50. The summed E-state index contributed by atoms with van der Waals surface area (Å²) in [7, 11) is 0. The van der Waals surface area contributed by atoms with Gasteiger partial charge >= 0.3 is 0 Å². The maximum absolute atomic E-state index is 11.7. The van der Waals surface area contributed by atoms with Gasteiger partial charge in [0.05, 0.1) is 6.10 Å². The van der Waals surface area contributed by atoms with Crippen molar-refractivity contribution >= 4 is 5.78 Å². The molecule has 4 aliphatic carbocycles. The molecule has 6 atom stereocenters. The topological polar surface area (TPSA) is 37.3 Å². The summed E-state index contributed by atoms with van der Waals surface area (Å²) >= 11 is 0. The minimum absolute atomic E-state index is 0.0968. The van der Waals surface area contributed by atoms with E-state index in [4.69, 9.17) is 0 Å². The predicted octanol–water partition coefficient (Wildman–Crippen LogP) is 3.49. The number of carbonyl (C=O) groups is 1. The van der Waals surface area contributed by atoms with Crippen LogP contribution in [0.2, 0.25) is 0 Å². The highest BCUT2D eigenvalue weighted by Gasteiger charge is 2.55. The molecule has 0 aliphatic heterocycles. The average Bonchev–Trinajstić information content (AvgIpc) is 2.78. The second kappa shape index (κ2) is 4.43. The number of aliphatic hydroxyl groups excluding tert-OH is 1. The van der Waals surface area contributed by atoms with Gasteiger partial charge in [-0.15, -0.1) is 0 Å². The smallest absolute Gasteiger partial charge is 0.155 e. The minimum atomic E-state index is -0.0968. The normalized spacial score (nSPS) is 51.0. The Balaban J connectivity index is 1.66. The zero-order chi connectivity index (χ0) is 13.9. The van der Waals surface area contributed by atoms with Crippen molar-refractivity contribution < 1.29 is 9.90 Å². The van der Waals surface area contributed by atoms with E-state index in [9.17, 15) is 9.90 Å². The van der Waals surface area contributed by atoms with Gasteiger partial charge < -0.3 is 5.11 Å². The largest absolute Gasteiger partial charge is 0.393 e. The summed E-state index contributed by atoms with van der Waals surface area (Å²) in [6.07, 6.45) is 10.8. The van der Waals surface area contributed by atoms with E-state index >= 15 is 0 Å². The molecule has 4 rings (SSSR count). The van der Waals surface area contributed by atoms with Crippen molar-refractivity contribution in [2.45, 2.75) is 64.4 Å². The zero-order valence-electron chi connectivity index (χ0n) is 12.5. The van der Waals surface area contributed by atoms with Crippen molar-refractivity contribution in [1.29, 1.82) is 0 Å². The van der Waals surface area contributed by atoms with E-state index in [0.29, 0.717) is 17.6 Å². The number of allylic oxidation sites excluding steroid dienone is 2. The molecule has 20 heavy (non-hydrogen) atoms. The summed E-state index contributed by atoms with van der Waals surface area (Å²) in [6, 6.07) is 0. The molecule has 4 aliphatic rings. The molecule has 0 aromatic heterocycles. The molecule has 0 aromatic rings. The average molecular weight is 274 g/mol. The van der Waals surface area contributed by atoms with E-state index in [1.165, 1.54) is 31.3 Å². The second-order valence-corrected chi connectivity index (χ2v) is 7.96. The van der Waals surface area contributed by atoms with Crippen molar-refractivity contribution in [2.24, 2.45) is 29.1 Å². The van der Waals surface area contributed by atoms with Gasteiger partial charge in [-0.3, -0.25) is 4.79 Å². The summed E-state index contributed by atoms with van der Waals surface area (Å²) in [5.74, 6) is 3.28. The van der Waals surface area contributed by atoms with E-state index in [0.717, 1.165) is 37.5 Å². The Hall–Kier alpha value is -0.630. The highest BCUT2D eigenvalue weighted by molar-refractivity contribution is 5.91. The van der Waals surface area contributed by atoms with Crippen LogP contribution in [0.1, 0.15) is 58.3 Å². The Kier molecular flexibility index (Phi) is 2.89. The van der Waals surface area contributed by atoms with E-state index in [1.54, 1.807) is 0 Å². The number of hydrogen-bond donors (Lipinski definition) is 1. The van der Waals surface area contributed by atoms with Crippen LogP contribution in [0, 0.1) is 29.1 Å². The van der Waals surface area contributed by atoms with Crippen molar-refractivity contribution in [3.05, 3.63) is 11.6 Å². The molecule has 0 bridgehead atoms. The molecule has 3 saturated carbocycles. The third-order valence-corrected chi connectivity index (χ3v) is 7.20. The summed E-state index contributed by atoms with van der Waals surface area (Å²) in [6.45, 7) is 2.33. The van der Waals surface area contributed by atoms with Crippen LogP contribution in [0.25, 0.3) is 0 Å². The maximum atomic E-state index is 11.7. The Bertz CT molecular complexity index is 466. The molecule has 0 heterocycles. The highest BCUT2D eigenvalue weighted by Crippen LogP contribution is 2.62. The predicted molar refractivity (Wildman–Crippen MR) is 78.1 cm³/mol. The number of rotatable bonds is 0. The van der Waals surface area contributed by atoms with Crippen LogP contribution in [0.3, 0.4) is 0 Å². The van der Waals surface area contributed by atoms with Gasteiger partial charge in [0.2, 0.25) is 0 Å². The molecule has 0 spiro atoms. The molecule has 0 amide bonds. The first-order valence-corrected chi connectivity index (χ1v) is 8.51. The second-order valence-electron chi connectivity index (χ2n) is 7.96. The number of fused-ring (bicyclic) bond motifs is 5. The van der Waals surface area contributed by atoms with Gasteiger partial charge in [0.1, 0.15) is 0 Å². The molecule has 2 nitrogen and oxygen atoms in total. The van der Waals surface area contributed by atoms with Crippen molar-refractivity contribution in [1.82, 2.24) is 0 Å². The number of aliphatic hydroxyl groups is 1. The molecule has 0 aromatic carbocycles. The Morgan fingerprint density at radius 1 is 1.20 bits per heavy atom. The number of ketones is 1. The van der Waals surface area contributed by atoms with Gasteiger partial charge in [-0.25, -0.2) is 0 Å². The van der Waals surface area contributed by atoms with Crippen LogP contribution >= 0.6 is 0 Å². The van der Waals surface area contributed by atoms with E-state index in [2.05, 4.69) is 6.92 Å². The first-order chi connectivity index (χ1) is 9.59. The van der Waals surface area contributed by atoms with Crippen LogP contribution in [0.15, 0.2) is 11.6 Å². The Morgan fingerprint density at radius 3 is 2.90 bits per heavy atom. The summed E-state index contributed by atoms with van der Waals surface area (Å²) in [5, 5.41) is 10.5. The van der Waals surface area contributed by atoms with E-state index in [1.807, 2.05) is 6.08 Å². The highest BCUT2D eigenvalue weighted by atomic mass is 16.3. The molecular weight excluding hydrogens is 248 g/mol. The zero-order valence-corrected chi connectivity index (χ0v) is 12.5. The van der Waals surface area contributed by atoms with Gasteiger partial charge in [0.25, 0.3) is 0 Å². The van der Waals surface area contributed by atoms with Crippen LogP contribution < -0.4 is 0 Å². The van der Waals surface area contributed by atoms with E-state index in [-0.39, 0.29) is 11.5 Å². The third-order valence-electron chi connectivity index (χ3n) is 7.20. The monoisotopic (exact) mass is 274 g/mol. The van der Waals surface area contributed by atoms with Gasteiger partial charge in [0.15, 0.2) is 5.78 Å². The van der Waals surface area contributed by atoms with Crippen LogP contribution in [0.5, 0.6) is 0 Å². The van der Waals surface area contributed by atoms with Crippen LogP contribution in [-0.2, 0) is 4.79 Å². The summed E-state index contributed by atoms with van der Waals surface area (Å²) < 4.78 is 0. The molecule has 3 fully saturated rings. The molecule has 0 saturated heterocycles. The van der Waals surface area contributed by atoms with Gasteiger partial charge in [-0.05, 0) is 73.7 Å². The lowest BCUT2D eigenvalue weighted by Gasteiger charge is -2.53. The molecular formula is C18H26O2. The first kappa shape index (κ1) is 13.1. The Morgan fingerprint density at radius 2 is 2.05 bits per heavy atom. The van der Waals surface area contributed by atoms with E-state index < -0.39 is 0 Å². The number of hydrogen-bond acceptors (Lipinski definition) is 2. The SMILES string of the molecule is C[C@]12CCC3C(CC4=CC(=O)CC[C@H]43)[C@@H]1CCC[C@@H]2O. The maximum Gasteiger partial charge on any atom is 0.155 e. The third kappa shape index (κ3) is 1.70. The number of carbonyl (C=O) groups excluding carboxylic acids is 1. The first-order valence-electron chi connectivity index (χ1n) is 8.51. The van der Waals surface area contributed by atoms with Crippen molar-refractivity contribution in [3.8, 4) is 0 Å². The Labute approximate surface area is 121 Å². The quantitative estimate of drug-likeness (QED) is 0.734. The lowest BCUT2D eigenvalue weighted by molar-refractivity contribution is -0.115. The van der Waals surface area contributed by atoms with Crippen LogP contribution in [0.4, 0.5) is 0 Å². The van der Waals surface area contributed by atoms with Gasteiger partial charge in [-0.1, -0.05) is 18.9 Å². The molecule has 2 unspecified atom stereocenters. The molecule has 1 N–H and O–H groups in total. The van der Waals surface area contributed by atoms with Gasteiger partial charge in [-0.2, -0.15) is 0 Å². The fourth-order valence-corrected chi connectivity index (χ4v) is 6.12. The minimum Gasteiger partial charge on any atom is -0.393 e. The van der Waals surface area contributed by atoms with Crippen molar-refractivity contribution in [3.63, 3.8) is 0 Å². The molecule has 110 valence electrons. The van der Waals surface area contributed by atoms with Gasteiger partial charge in [0, 0.05) is 6.42 Å². The molecule has 2 heteroatoms. The van der Waals surface area contributed by atoms with Crippen molar-refractivity contribution in [2.75, 3.05) is 0 Å². The fraction of sp³-hybridized carbons (Fsp3) is 0.833.